The number of aromatic amines is 1. The Bertz CT molecular complexity index is 868. The number of hydrogen-bond donors (Lipinski definition) is 3. The zero-order chi connectivity index (χ0) is 20.6. The van der Waals surface area contributed by atoms with Gasteiger partial charge in [-0.15, -0.1) is 0 Å². The quantitative estimate of drug-likeness (QED) is 0.655. The molecule has 2 amide bonds. The molecule has 148 valence electrons. The smallest absolute Gasteiger partial charge is 0.344 e. The number of urea groups is 1. The number of amides is 2. The predicted octanol–water partition coefficient (Wildman–Crippen LogP) is 4.31. The Labute approximate surface area is 151 Å². The zero-order valence-corrected chi connectivity index (χ0v) is 14.5. The number of alkyl halides is 6. The van der Waals surface area contributed by atoms with Crippen molar-refractivity contribution in [2.24, 2.45) is 0 Å². The molecule has 27 heavy (non-hydrogen) atoms. The van der Waals surface area contributed by atoms with Gasteiger partial charge >= 0.3 is 18.4 Å². The molecular formula is C14H12F6N4O2S. The summed E-state index contributed by atoms with van der Waals surface area (Å²) in [4.78, 5) is 24.5. The van der Waals surface area contributed by atoms with E-state index in [2.05, 4.69) is 15.0 Å². The van der Waals surface area contributed by atoms with Crippen molar-refractivity contribution >= 4 is 33.9 Å². The maximum absolute atomic E-state index is 12.9. The van der Waals surface area contributed by atoms with Crippen LogP contribution in [-0.4, -0.2) is 29.4 Å². The van der Waals surface area contributed by atoms with Gasteiger partial charge in [-0.25, -0.2) is 4.79 Å². The van der Waals surface area contributed by atoms with Gasteiger partial charge in [-0.2, -0.15) is 26.3 Å². The summed E-state index contributed by atoms with van der Waals surface area (Å²) in [6.07, 6.45) is -10.0. The monoisotopic (exact) mass is 414 g/mol. The van der Waals surface area contributed by atoms with Crippen LogP contribution in [0.2, 0.25) is 0 Å². The largest absolute Gasteiger partial charge is 0.416 e. The number of carbonyl (C=O) groups excluding carboxylic acids is 1. The summed E-state index contributed by atoms with van der Waals surface area (Å²) >= 11 is 0.607. The Morgan fingerprint density at radius 3 is 2.00 bits per heavy atom. The van der Waals surface area contributed by atoms with Crippen molar-refractivity contribution in [2.75, 3.05) is 24.7 Å². The highest BCUT2D eigenvalue weighted by Crippen LogP contribution is 2.38. The third-order valence-electron chi connectivity index (χ3n) is 3.18. The number of nitrogens with zero attached hydrogens (tertiary/aromatic N) is 1. The molecule has 0 aliphatic rings. The van der Waals surface area contributed by atoms with Gasteiger partial charge in [-0.05, 0) is 29.7 Å². The van der Waals surface area contributed by atoms with E-state index in [-0.39, 0.29) is 16.8 Å². The molecule has 0 saturated heterocycles. The average molecular weight is 414 g/mol. The van der Waals surface area contributed by atoms with E-state index < -0.39 is 40.8 Å². The minimum Gasteiger partial charge on any atom is -0.344 e. The molecule has 1 heterocycles. The van der Waals surface area contributed by atoms with Crippen molar-refractivity contribution in [3.63, 3.8) is 0 Å². The second kappa shape index (κ2) is 7.13. The molecule has 0 spiro atoms. The van der Waals surface area contributed by atoms with E-state index >= 15 is 0 Å². The number of rotatable bonds is 3. The van der Waals surface area contributed by atoms with Crippen molar-refractivity contribution in [3.8, 4) is 0 Å². The highest BCUT2D eigenvalue weighted by atomic mass is 32.1. The molecule has 2 rings (SSSR count). The van der Waals surface area contributed by atoms with E-state index in [0.717, 1.165) is 4.90 Å². The SMILES string of the molecule is CN(C)C(=O)Nc1c(Nc2cc(C(F)(F)F)cc(C(F)(F)F)c2)s[nH]c1=O. The van der Waals surface area contributed by atoms with Crippen LogP contribution in [0.5, 0.6) is 0 Å². The van der Waals surface area contributed by atoms with Gasteiger partial charge in [-0.1, -0.05) is 0 Å². The number of anilines is 3. The number of nitrogens with one attached hydrogen (secondary N) is 3. The maximum Gasteiger partial charge on any atom is 0.416 e. The molecule has 6 nitrogen and oxygen atoms in total. The number of aromatic nitrogens is 1. The van der Waals surface area contributed by atoms with Gasteiger partial charge in [0.1, 0.15) is 10.7 Å². The van der Waals surface area contributed by atoms with Gasteiger partial charge < -0.3 is 15.5 Å². The van der Waals surface area contributed by atoms with Crippen molar-refractivity contribution < 1.29 is 31.1 Å². The Morgan fingerprint density at radius 2 is 1.56 bits per heavy atom. The molecule has 0 aliphatic heterocycles. The van der Waals surface area contributed by atoms with E-state index in [4.69, 9.17) is 0 Å². The Kier molecular flexibility index (Phi) is 5.45. The highest BCUT2D eigenvalue weighted by Gasteiger charge is 2.37. The maximum atomic E-state index is 12.9. The van der Waals surface area contributed by atoms with E-state index in [0.29, 0.717) is 23.7 Å². The van der Waals surface area contributed by atoms with Crippen LogP contribution in [0, 0.1) is 0 Å². The fourth-order valence-corrected chi connectivity index (χ4v) is 2.59. The molecule has 0 atom stereocenters. The molecule has 0 radical (unpaired) electrons. The van der Waals surface area contributed by atoms with Crippen molar-refractivity contribution in [2.45, 2.75) is 12.4 Å². The minimum atomic E-state index is -5.01. The van der Waals surface area contributed by atoms with Crippen LogP contribution in [-0.2, 0) is 12.4 Å². The Balaban J connectivity index is 2.46. The van der Waals surface area contributed by atoms with Gasteiger partial charge in [0.25, 0.3) is 5.56 Å². The van der Waals surface area contributed by atoms with E-state index in [1.165, 1.54) is 14.1 Å². The highest BCUT2D eigenvalue weighted by molar-refractivity contribution is 7.11. The summed E-state index contributed by atoms with van der Waals surface area (Å²) in [5, 5.41) is 4.38. The fourth-order valence-electron chi connectivity index (χ4n) is 1.88. The third-order valence-corrected chi connectivity index (χ3v) is 3.98. The summed E-state index contributed by atoms with van der Waals surface area (Å²) in [6, 6.07) is 0.218. The van der Waals surface area contributed by atoms with Crippen LogP contribution >= 0.6 is 11.5 Å². The molecule has 0 aliphatic carbocycles. The first kappa shape index (κ1) is 20.6. The molecule has 1 aromatic carbocycles. The molecule has 0 bridgehead atoms. The standard InChI is InChI=1S/C14H12F6N4O2S/c1-24(2)12(26)22-9-10(25)23-27-11(9)21-8-4-6(13(15,16)17)3-7(5-8)14(18,19)20/h3-5,21H,1-2H3,(H,22,26)(H,23,25). The van der Waals surface area contributed by atoms with Crippen LogP contribution in [0.4, 0.5) is 47.5 Å². The van der Waals surface area contributed by atoms with Gasteiger partial charge in [0.15, 0.2) is 0 Å². The van der Waals surface area contributed by atoms with Gasteiger partial charge in [0.2, 0.25) is 0 Å². The predicted molar refractivity (Wildman–Crippen MR) is 87.4 cm³/mol. The molecule has 0 saturated carbocycles. The summed E-state index contributed by atoms with van der Waals surface area (Å²) in [5.74, 6) is 0. The summed E-state index contributed by atoms with van der Waals surface area (Å²) < 4.78 is 79.7. The molecule has 0 unspecified atom stereocenters. The number of H-pyrrole nitrogens is 1. The van der Waals surface area contributed by atoms with Crippen LogP contribution in [0.25, 0.3) is 0 Å². The molecule has 2 aromatic rings. The first-order chi connectivity index (χ1) is 12.3. The fraction of sp³-hybridized carbons (Fsp3) is 0.286. The summed E-state index contributed by atoms with van der Waals surface area (Å²) in [6.45, 7) is 0. The first-order valence-electron chi connectivity index (χ1n) is 7.05. The van der Waals surface area contributed by atoms with Crippen molar-refractivity contribution in [1.82, 2.24) is 9.27 Å². The van der Waals surface area contributed by atoms with E-state index in [9.17, 15) is 35.9 Å². The first-order valence-corrected chi connectivity index (χ1v) is 7.87. The van der Waals surface area contributed by atoms with Crippen LogP contribution in [0.15, 0.2) is 23.0 Å². The number of halogens is 6. The Morgan fingerprint density at radius 1 is 1.04 bits per heavy atom. The number of carbonyl (C=O) groups is 1. The number of hydrogen-bond acceptors (Lipinski definition) is 4. The van der Waals surface area contributed by atoms with Gasteiger partial charge in [0.05, 0.1) is 11.1 Å². The van der Waals surface area contributed by atoms with Crippen LogP contribution in [0.1, 0.15) is 11.1 Å². The molecule has 13 heteroatoms. The van der Waals surface area contributed by atoms with E-state index in [1.807, 2.05) is 0 Å². The average Bonchev–Trinajstić information content (AvgIpc) is 2.86. The molecular weight excluding hydrogens is 402 g/mol. The minimum absolute atomic E-state index is 0.0144. The Hall–Kier alpha value is -2.70. The van der Waals surface area contributed by atoms with Crippen LogP contribution < -0.4 is 16.2 Å². The second-order valence-electron chi connectivity index (χ2n) is 5.48. The third kappa shape index (κ3) is 4.93. The lowest BCUT2D eigenvalue weighted by molar-refractivity contribution is -0.143. The summed E-state index contributed by atoms with van der Waals surface area (Å²) in [5.41, 5.74) is -4.67. The van der Waals surface area contributed by atoms with Crippen molar-refractivity contribution in [1.29, 1.82) is 0 Å². The molecule has 3 N–H and O–H groups in total. The number of benzene rings is 1. The summed E-state index contributed by atoms with van der Waals surface area (Å²) in [7, 11) is 2.76. The second-order valence-corrected chi connectivity index (χ2v) is 6.30. The molecule has 0 fully saturated rings. The molecule has 1 aromatic heterocycles. The van der Waals surface area contributed by atoms with Crippen molar-refractivity contribution in [3.05, 3.63) is 39.7 Å². The van der Waals surface area contributed by atoms with E-state index in [1.54, 1.807) is 0 Å². The van der Waals surface area contributed by atoms with Gasteiger partial charge in [0, 0.05) is 19.8 Å². The normalized spacial score (nSPS) is 12.0. The topological polar surface area (TPSA) is 77.2 Å². The lowest BCUT2D eigenvalue weighted by Crippen LogP contribution is -2.29. The van der Waals surface area contributed by atoms with Gasteiger partial charge in [-0.3, -0.25) is 9.17 Å². The van der Waals surface area contributed by atoms with Crippen LogP contribution in [0.3, 0.4) is 0 Å². The lowest BCUT2D eigenvalue weighted by Gasteiger charge is -2.15. The lowest BCUT2D eigenvalue weighted by atomic mass is 10.1. The zero-order valence-electron chi connectivity index (χ0n) is 13.7.